The van der Waals surface area contributed by atoms with Gasteiger partial charge in [0.15, 0.2) is 22.3 Å². The Morgan fingerprint density at radius 2 is 0.868 bits per heavy atom. The van der Waals surface area contributed by atoms with Crippen LogP contribution in [0.1, 0.15) is 148 Å². The Balaban J connectivity index is 0.000000204. The van der Waals surface area contributed by atoms with Crippen molar-refractivity contribution in [3.05, 3.63) is 246 Å². The molecule has 4 aliphatic rings. The van der Waals surface area contributed by atoms with E-state index in [9.17, 15) is 28.8 Å². The summed E-state index contributed by atoms with van der Waals surface area (Å²) in [4.78, 5) is 79.8. The van der Waals surface area contributed by atoms with Crippen LogP contribution >= 0.6 is 86.3 Å². The molecule has 11 heterocycles. The first-order chi connectivity index (χ1) is 60.6. The van der Waals surface area contributed by atoms with E-state index in [4.69, 9.17) is 72.0 Å². The van der Waals surface area contributed by atoms with Crippen LogP contribution in [-0.4, -0.2) is 118 Å². The summed E-state index contributed by atoms with van der Waals surface area (Å²) in [5.41, 5.74) is 17.8. The number of hydrogen-bond acceptors (Lipinski definition) is 23. The van der Waals surface area contributed by atoms with E-state index >= 15 is 0 Å². The van der Waals surface area contributed by atoms with Crippen molar-refractivity contribution in [2.24, 2.45) is 0 Å². The number of carbonyl (C=O) groups excluding carboxylic acids is 1. The van der Waals surface area contributed by atoms with Gasteiger partial charge in [-0.3, -0.25) is 27.9 Å². The number of nitrogens with two attached hydrogens (primary N) is 1. The van der Waals surface area contributed by atoms with Crippen molar-refractivity contribution >= 4 is 169 Å². The number of phenols is 1. The number of aryl methyl sites for hydroxylation is 7. The molecule has 6 aromatic carbocycles. The number of rotatable bonds is 10. The van der Waals surface area contributed by atoms with E-state index in [1.807, 2.05) is 240 Å². The Hall–Kier alpha value is -8.49. The number of nitrogens with zero attached hydrogens (tertiary/aromatic N) is 6. The molecule has 3 fully saturated rings. The molecule has 17 rings (SSSR count). The minimum atomic E-state index is -0.476. The summed E-state index contributed by atoms with van der Waals surface area (Å²) < 4.78 is 87.9. The summed E-state index contributed by atoms with van der Waals surface area (Å²) in [6, 6.07) is 38.2. The number of phenolic OH excluding ortho intramolecular Hbond substituents is 1. The van der Waals surface area contributed by atoms with Crippen LogP contribution in [0, 0.1) is 27.7 Å². The molecule has 0 amide bonds. The predicted octanol–water partition coefficient (Wildman–Crippen LogP) is 19.9. The molecule has 37 heteroatoms. The summed E-state index contributed by atoms with van der Waals surface area (Å²) in [5.74, 6) is 0.586. The molecule has 0 unspecified atom stereocenters. The zero-order valence-corrected chi connectivity index (χ0v) is 86.4. The SMILES string of the molecule is CC1(C)OB(B2OC(C)(C)C(C)(C)O2)OC1(C)C.CCn1c(=O)oc2ccc(-c3c[nH]c(=O)cc3C)cc21.CCn1c(=O)oc2ccc(-c3cnc(OC)cc3C)cc21.CCn1c(=O)oc2ccc(B3OC(C)(C)C(C)(C)O3)cc21.CCn1c(=O)oc2ccc(Br)cc21.COc1cc(C)c(Br)cn1.Nc1cc(Br)ccc1O.O=C1Cc2cc(Br)ccc2O1.[2H]CI.[CH2-]CC.[V]. The topological polar surface area (TPSA) is 346 Å². The molecule has 28 nitrogen and oxygen atoms in total. The van der Waals surface area contributed by atoms with Gasteiger partial charge in [0.25, 0.3) is 0 Å². The maximum atomic E-state index is 11.7. The molecule has 4 aliphatic heterocycles. The van der Waals surface area contributed by atoms with Crippen molar-refractivity contribution < 1.29 is 89.6 Å². The Kier molecular flexibility index (Phi) is 38.0. The molecule has 0 spiro atoms. The number of hydrogen-bond donors (Lipinski definition) is 3. The van der Waals surface area contributed by atoms with Crippen LogP contribution in [0.15, 0.2) is 206 Å². The van der Waals surface area contributed by atoms with Crippen molar-refractivity contribution in [2.75, 3.05) is 24.9 Å². The van der Waals surface area contributed by atoms with Gasteiger partial charge in [0.2, 0.25) is 17.3 Å². The number of benzene rings is 6. The summed E-state index contributed by atoms with van der Waals surface area (Å²) in [7, 11) is 1.82. The number of aromatic nitrogens is 7. The zero-order chi connectivity index (χ0) is 95.8. The Bertz CT molecular complexity index is 6300. The number of pyridine rings is 3. The molecule has 0 atom stereocenters. The number of oxazole rings is 4. The predicted molar refractivity (Wildman–Crippen MR) is 528 cm³/mol. The Morgan fingerprint density at radius 3 is 1.28 bits per heavy atom. The van der Waals surface area contributed by atoms with E-state index in [0.717, 1.165) is 96.3 Å². The smallest absolute Gasteiger partial charge is 0.494 e. The molecule has 4 N–H and O–H groups in total. The minimum Gasteiger partial charge on any atom is -0.506 e. The third-order valence-corrected chi connectivity index (χ3v) is 24.4. The van der Waals surface area contributed by atoms with Crippen molar-refractivity contribution in [2.45, 2.75) is 211 Å². The van der Waals surface area contributed by atoms with Crippen LogP contribution in [0.4, 0.5) is 5.69 Å². The Labute approximate surface area is 812 Å². The average Bonchev–Trinajstić information content (AvgIpc) is 1.59. The number of ether oxygens (including phenoxy) is 3. The third-order valence-electron chi connectivity index (χ3n) is 22.1. The second kappa shape index (κ2) is 46.2. The van der Waals surface area contributed by atoms with Crippen LogP contribution in [-0.2, 0) is 83.9 Å². The molecule has 689 valence electrons. The molecule has 7 aromatic heterocycles. The number of esters is 1. The van der Waals surface area contributed by atoms with Gasteiger partial charge in [0.1, 0.15) is 11.5 Å². The first-order valence-electron chi connectivity index (χ1n) is 41.8. The van der Waals surface area contributed by atoms with Gasteiger partial charge in [0, 0.05) is 117 Å². The van der Waals surface area contributed by atoms with Crippen molar-refractivity contribution in [1.29, 1.82) is 0 Å². The first kappa shape index (κ1) is 106. The fourth-order valence-electron chi connectivity index (χ4n) is 13.0. The number of H-pyrrole nitrogens is 1. The van der Waals surface area contributed by atoms with Crippen molar-refractivity contribution in [1.82, 2.24) is 33.2 Å². The van der Waals surface area contributed by atoms with Crippen LogP contribution in [0.25, 0.3) is 66.7 Å². The molecule has 129 heavy (non-hydrogen) atoms. The number of aromatic hydroxyl groups is 1. The number of halogens is 5. The molecule has 0 bridgehead atoms. The standard InChI is InChI=1S/C16H16N2O3.C15H20BNO4.C15H14N2O3.C12H24B2O4.C9H8BrNO2.C8H5BrO2.C7H8BrNO.C6H6BrNO.C3H7.CH3I.V/c1-4-18-13-8-11(5-6-14(13)21-16(18)19)12-9-17-15(20-3)7-10(12)2;1-6-17-11-9-10(7-8-12(11)19-13(17)18)16-20-14(2,3)15(4,5)21-16;1-3-17-12-7-10(4-5-13(12)20-15(17)19)11-8-16-14(18)6-9(11)2;1-9(2)10(3,4)16-13(15-9)14-17-11(5,6)12(7,8)18-14;1-2-11-7-5-6(10)3-4-8(7)13-9(11)12;9-6-1-2-7-5(3-6)4-8(10)11-7;1-5-3-7(10-2)9-4-6(5)8;7-4-1-2-6(9)5(8)3-4;1-3-2;1-2;/h5-9H,4H2,1-3H3;7-9H,6H2,1-5H3;4-8H,3H2,1-2H3,(H,16,18);1-8H3;3-5H,2H2,1H3;1-3H,4H2;3-4H,1-2H3;1-3,9H,8H2;1,3H2,2H3;1H3;/q;;;;;;;;-1;;/i;;;;;;;;;1D;. The normalized spacial score (nSPS) is 15.3. The van der Waals surface area contributed by atoms with Crippen LogP contribution in [0.3, 0.4) is 0 Å². The number of nitrogen functional groups attached to an aromatic ring is 1. The van der Waals surface area contributed by atoms with E-state index in [1.54, 1.807) is 99.6 Å². The molecule has 0 saturated carbocycles. The molecule has 3 saturated heterocycles. The fraction of sp³-hybridized carbons (Fsp3) is 0.380. The number of nitrogens with one attached hydrogen (secondary N) is 1. The number of anilines is 1. The molecule has 13 aromatic rings. The van der Waals surface area contributed by atoms with Gasteiger partial charge in [-0.1, -0.05) is 95.5 Å². The zero-order valence-electron chi connectivity index (χ0n) is 77.5. The van der Waals surface area contributed by atoms with Gasteiger partial charge >= 0.3 is 50.1 Å². The van der Waals surface area contributed by atoms with E-state index in [2.05, 4.69) is 85.6 Å². The number of alkyl halides is 1. The molecule has 1 radical (unpaired) electrons. The fourth-order valence-corrected chi connectivity index (χ4v) is 14.3. The second-order valence-electron chi connectivity index (χ2n) is 32.5. The number of fused-ring (bicyclic) bond motifs is 5. The molecular weight excluding hydrogens is 2070 g/mol. The third kappa shape index (κ3) is 26.5. The summed E-state index contributed by atoms with van der Waals surface area (Å²) >= 11 is 15.2. The van der Waals surface area contributed by atoms with E-state index in [0.29, 0.717) is 83.0 Å². The largest absolute Gasteiger partial charge is 0.506 e. The van der Waals surface area contributed by atoms with E-state index in [-0.39, 0.29) is 92.5 Å². The van der Waals surface area contributed by atoms with Gasteiger partial charge < -0.3 is 82.6 Å². The Morgan fingerprint density at radius 1 is 0.504 bits per heavy atom. The molecule has 0 aliphatic carbocycles. The number of carbonyl (C=O) groups is 1. The monoisotopic (exact) mass is 2180 g/mol. The van der Waals surface area contributed by atoms with E-state index in [1.165, 1.54) is 0 Å². The van der Waals surface area contributed by atoms with Gasteiger partial charge in [-0.15, -0.1) is 0 Å². The number of aromatic amines is 1. The van der Waals surface area contributed by atoms with Gasteiger partial charge in [-0.25, -0.2) is 29.1 Å². The van der Waals surface area contributed by atoms with Gasteiger partial charge in [-0.05, 0) is 277 Å². The quantitative estimate of drug-likeness (QED) is 0.0167. The van der Waals surface area contributed by atoms with Crippen molar-refractivity contribution in [3.8, 4) is 45.5 Å². The first-order valence-corrected chi connectivity index (χ1v) is 45.8. The minimum absolute atomic E-state index is 0. The average molecular weight is 2180 g/mol. The summed E-state index contributed by atoms with van der Waals surface area (Å²) in [5, 5.41) is 8.90. The summed E-state index contributed by atoms with van der Waals surface area (Å²) in [6.07, 6.45) is 6.60. The maximum absolute atomic E-state index is 11.7. The van der Waals surface area contributed by atoms with Crippen LogP contribution < -0.4 is 54.0 Å². The van der Waals surface area contributed by atoms with Crippen molar-refractivity contribution in [3.63, 3.8) is 0 Å². The summed E-state index contributed by atoms with van der Waals surface area (Å²) in [6.45, 7) is 45.6. The van der Waals surface area contributed by atoms with Gasteiger partial charge in [-0.2, -0.15) is 6.42 Å². The second-order valence-corrected chi connectivity index (χ2v) is 36.1. The number of methoxy groups -OCH3 is 2. The maximum Gasteiger partial charge on any atom is 0.494 e. The molecular formula is C92H111B3Br4IN8O20V-. The van der Waals surface area contributed by atoms with Crippen LogP contribution in [0.5, 0.6) is 23.3 Å². The van der Waals surface area contributed by atoms with E-state index < -0.39 is 21.1 Å². The van der Waals surface area contributed by atoms with Gasteiger partial charge in [0.05, 0.1) is 82.0 Å². The van der Waals surface area contributed by atoms with Crippen LogP contribution in [0.2, 0.25) is 0 Å².